The van der Waals surface area contributed by atoms with Crippen molar-refractivity contribution in [3.63, 3.8) is 0 Å². The minimum atomic E-state index is -0.0884. The highest BCUT2D eigenvalue weighted by atomic mass is 16.1. The van der Waals surface area contributed by atoms with Crippen LogP contribution in [0.4, 0.5) is 0 Å². The number of H-pyrrole nitrogens is 1. The third-order valence-electron chi connectivity index (χ3n) is 3.82. The highest BCUT2D eigenvalue weighted by Crippen LogP contribution is 2.20. The molecule has 0 fully saturated rings. The van der Waals surface area contributed by atoms with E-state index in [0.717, 1.165) is 37.4 Å². The van der Waals surface area contributed by atoms with Crippen LogP contribution in [0.25, 0.3) is 11.4 Å². The highest BCUT2D eigenvalue weighted by Gasteiger charge is 2.18. The minimum absolute atomic E-state index is 0.0884. The smallest absolute Gasteiger partial charge is 0.248 e. The largest absolute Gasteiger partial charge is 0.321 e. The lowest BCUT2D eigenvalue weighted by atomic mass is 10.2. The topological polar surface area (TPSA) is 53.9 Å². The molecule has 0 bridgehead atoms. The number of hydrogen-bond donors (Lipinski definition) is 1. The van der Waals surface area contributed by atoms with E-state index in [2.05, 4.69) is 39.6 Å². The molecule has 0 aliphatic carbocycles. The SMILES string of the molecule is CC(C)N1CCCn2nc(-c3cccc(=O)[nH]3)cc2C1. The van der Waals surface area contributed by atoms with Crippen LogP contribution in [0.3, 0.4) is 0 Å². The summed E-state index contributed by atoms with van der Waals surface area (Å²) in [6.45, 7) is 7.42. The second-order valence-corrected chi connectivity index (χ2v) is 5.59. The molecule has 1 N–H and O–H groups in total. The van der Waals surface area contributed by atoms with E-state index in [-0.39, 0.29) is 5.56 Å². The average Bonchev–Trinajstić information content (AvgIpc) is 2.70. The van der Waals surface area contributed by atoms with E-state index in [1.165, 1.54) is 11.8 Å². The molecule has 0 amide bonds. The van der Waals surface area contributed by atoms with Gasteiger partial charge in [-0.2, -0.15) is 5.10 Å². The number of aromatic amines is 1. The monoisotopic (exact) mass is 272 g/mol. The maximum atomic E-state index is 11.4. The van der Waals surface area contributed by atoms with Crippen molar-refractivity contribution >= 4 is 0 Å². The van der Waals surface area contributed by atoms with E-state index in [1.54, 1.807) is 6.07 Å². The van der Waals surface area contributed by atoms with E-state index in [4.69, 9.17) is 0 Å². The Bertz CT molecular complexity index is 656. The molecule has 5 nitrogen and oxygen atoms in total. The molecule has 3 rings (SSSR count). The van der Waals surface area contributed by atoms with Gasteiger partial charge in [0.15, 0.2) is 0 Å². The van der Waals surface area contributed by atoms with Crippen molar-refractivity contribution in [2.45, 2.75) is 39.4 Å². The number of hydrogen-bond acceptors (Lipinski definition) is 3. The molecule has 0 saturated heterocycles. The third kappa shape index (κ3) is 2.54. The Morgan fingerprint density at radius 3 is 2.90 bits per heavy atom. The first-order valence-corrected chi connectivity index (χ1v) is 7.14. The molecular weight excluding hydrogens is 252 g/mol. The van der Waals surface area contributed by atoms with Gasteiger partial charge in [0, 0.05) is 31.7 Å². The number of pyridine rings is 1. The number of nitrogens with one attached hydrogen (secondary N) is 1. The van der Waals surface area contributed by atoms with Crippen LogP contribution in [-0.2, 0) is 13.1 Å². The van der Waals surface area contributed by atoms with Crippen LogP contribution in [0, 0.1) is 0 Å². The van der Waals surface area contributed by atoms with Crippen LogP contribution in [0.1, 0.15) is 26.0 Å². The average molecular weight is 272 g/mol. The maximum absolute atomic E-state index is 11.4. The van der Waals surface area contributed by atoms with Crippen molar-refractivity contribution in [1.29, 1.82) is 0 Å². The van der Waals surface area contributed by atoms with Crippen molar-refractivity contribution in [1.82, 2.24) is 19.7 Å². The van der Waals surface area contributed by atoms with E-state index in [1.807, 2.05) is 6.07 Å². The van der Waals surface area contributed by atoms with Crippen LogP contribution in [-0.4, -0.2) is 32.3 Å². The van der Waals surface area contributed by atoms with Crippen molar-refractivity contribution in [2.24, 2.45) is 0 Å². The van der Waals surface area contributed by atoms with Crippen molar-refractivity contribution in [2.75, 3.05) is 6.54 Å². The summed E-state index contributed by atoms with van der Waals surface area (Å²) in [5.41, 5.74) is 2.77. The molecule has 2 aromatic heterocycles. The van der Waals surface area contributed by atoms with Gasteiger partial charge in [0.1, 0.15) is 5.69 Å². The van der Waals surface area contributed by atoms with Crippen molar-refractivity contribution in [3.8, 4) is 11.4 Å². The summed E-state index contributed by atoms with van der Waals surface area (Å²) in [6, 6.07) is 7.80. The molecule has 3 heterocycles. The lowest BCUT2D eigenvalue weighted by Gasteiger charge is -2.23. The molecule has 1 aliphatic heterocycles. The van der Waals surface area contributed by atoms with Crippen molar-refractivity contribution < 1.29 is 0 Å². The molecule has 0 spiro atoms. The standard InChI is InChI=1S/C15H20N4O/c1-11(2)18-7-4-8-19-12(10-18)9-14(17-19)13-5-3-6-15(20)16-13/h3,5-6,9,11H,4,7-8,10H2,1-2H3,(H,16,20). The van der Waals surface area contributed by atoms with Gasteiger partial charge in [-0.3, -0.25) is 14.4 Å². The van der Waals surface area contributed by atoms with Gasteiger partial charge >= 0.3 is 0 Å². The van der Waals surface area contributed by atoms with Crippen LogP contribution in [0.5, 0.6) is 0 Å². The zero-order valence-corrected chi connectivity index (χ0v) is 12.0. The third-order valence-corrected chi connectivity index (χ3v) is 3.82. The number of aromatic nitrogens is 3. The minimum Gasteiger partial charge on any atom is -0.321 e. The lowest BCUT2D eigenvalue weighted by molar-refractivity contribution is 0.216. The van der Waals surface area contributed by atoms with Crippen LogP contribution < -0.4 is 5.56 Å². The van der Waals surface area contributed by atoms with E-state index in [0.29, 0.717) is 6.04 Å². The zero-order valence-electron chi connectivity index (χ0n) is 12.0. The molecule has 2 aromatic rings. The molecule has 5 heteroatoms. The molecule has 0 aromatic carbocycles. The fourth-order valence-electron chi connectivity index (χ4n) is 2.66. The lowest BCUT2D eigenvalue weighted by Crippen LogP contribution is -2.30. The van der Waals surface area contributed by atoms with Gasteiger partial charge in [-0.15, -0.1) is 0 Å². The summed E-state index contributed by atoms with van der Waals surface area (Å²) >= 11 is 0. The second-order valence-electron chi connectivity index (χ2n) is 5.59. The molecule has 20 heavy (non-hydrogen) atoms. The Morgan fingerprint density at radius 1 is 1.30 bits per heavy atom. The summed E-state index contributed by atoms with van der Waals surface area (Å²) in [6.07, 6.45) is 1.11. The van der Waals surface area contributed by atoms with Gasteiger partial charge in [-0.05, 0) is 32.4 Å². The number of aryl methyl sites for hydroxylation is 1. The Hall–Kier alpha value is -1.88. The summed E-state index contributed by atoms with van der Waals surface area (Å²) in [5.74, 6) is 0. The summed E-state index contributed by atoms with van der Waals surface area (Å²) in [5, 5.41) is 4.64. The first-order chi connectivity index (χ1) is 9.63. The zero-order chi connectivity index (χ0) is 14.1. The van der Waals surface area contributed by atoms with Crippen LogP contribution in [0.15, 0.2) is 29.1 Å². The van der Waals surface area contributed by atoms with Crippen LogP contribution in [0.2, 0.25) is 0 Å². The molecule has 0 atom stereocenters. The Labute approximate surface area is 118 Å². The normalized spacial score (nSPS) is 16.1. The van der Waals surface area contributed by atoms with Gasteiger partial charge in [-0.25, -0.2) is 0 Å². The number of rotatable bonds is 2. The molecule has 0 radical (unpaired) electrons. The summed E-state index contributed by atoms with van der Waals surface area (Å²) in [4.78, 5) is 16.7. The first-order valence-electron chi connectivity index (χ1n) is 7.14. The summed E-state index contributed by atoms with van der Waals surface area (Å²) in [7, 11) is 0. The van der Waals surface area contributed by atoms with Crippen LogP contribution >= 0.6 is 0 Å². The first kappa shape index (κ1) is 13.1. The Balaban J connectivity index is 1.94. The van der Waals surface area contributed by atoms with E-state index < -0.39 is 0 Å². The maximum Gasteiger partial charge on any atom is 0.248 e. The molecule has 1 aliphatic rings. The molecule has 0 saturated carbocycles. The fraction of sp³-hybridized carbons (Fsp3) is 0.467. The quantitative estimate of drug-likeness (QED) is 0.907. The van der Waals surface area contributed by atoms with E-state index in [9.17, 15) is 4.79 Å². The predicted molar refractivity (Wildman–Crippen MR) is 78.4 cm³/mol. The van der Waals surface area contributed by atoms with Gasteiger partial charge in [0.2, 0.25) is 5.56 Å². The molecular formula is C15H20N4O. The second kappa shape index (κ2) is 5.25. The van der Waals surface area contributed by atoms with Gasteiger partial charge in [0.25, 0.3) is 0 Å². The van der Waals surface area contributed by atoms with Crippen molar-refractivity contribution in [3.05, 3.63) is 40.3 Å². The molecule has 106 valence electrons. The predicted octanol–water partition coefficient (Wildman–Crippen LogP) is 1.85. The fourth-order valence-corrected chi connectivity index (χ4v) is 2.66. The van der Waals surface area contributed by atoms with Gasteiger partial charge in [-0.1, -0.05) is 6.07 Å². The highest BCUT2D eigenvalue weighted by molar-refractivity contribution is 5.53. The van der Waals surface area contributed by atoms with Gasteiger partial charge in [0.05, 0.1) is 11.4 Å². The van der Waals surface area contributed by atoms with E-state index >= 15 is 0 Å². The number of fused-ring (bicyclic) bond motifs is 1. The Kier molecular flexibility index (Phi) is 3.44. The molecule has 0 unspecified atom stereocenters. The Morgan fingerprint density at radius 2 is 2.15 bits per heavy atom. The van der Waals surface area contributed by atoms with Gasteiger partial charge < -0.3 is 4.98 Å². The number of nitrogens with zero attached hydrogens (tertiary/aromatic N) is 3. The summed E-state index contributed by atoms with van der Waals surface area (Å²) < 4.78 is 2.07.